The molecule has 0 aliphatic heterocycles. The molecule has 1 unspecified atom stereocenters. The molecule has 4 rings (SSSR count). The highest BCUT2D eigenvalue weighted by molar-refractivity contribution is 5.94. The summed E-state index contributed by atoms with van der Waals surface area (Å²) in [6, 6.07) is 15.8. The van der Waals surface area contributed by atoms with Gasteiger partial charge in [0.25, 0.3) is 11.5 Å². The van der Waals surface area contributed by atoms with Crippen molar-refractivity contribution in [2.45, 2.75) is 12.5 Å². The number of carbonyl (C=O) groups is 1. The second kappa shape index (κ2) is 9.30. The summed E-state index contributed by atoms with van der Waals surface area (Å²) in [5.74, 6) is -0.141. The molecule has 9 heteroatoms. The van der Waals surface area contributed by atoms with E-state index in [1.54, 1.807) is 31.4 Å². The fourth-order valence-electron chi connectivity index (χ4n) is 3.76. The second-order valence-electron chi connectivity index (χ2n) is 7.90. The molecule has 174 valence electrons. The van der Waals surface area contributed by atoms with Crippen LogP contribution in [0.4, 0.5) is 4.39 Å². The number of fused-ring (bicyclic) bond motifs is 1. The van der Waals surface area contributed by atoms with Crippen LogP contribution in [0.1, 0.15) is 27.7 Å². The average Bonchev–Trinajstić information content (AvgIpc) is 2.86. The van der Waals surface area contributed by atoms with Gasteiger partial charge in [0.1, 0.15) is 22.9 Å². The van der Waals surface area contributed by atoms with E-state index in [-0.39, 0.29) is 22.5 Å². The zero-order chi connectivity index (χ0) is 24.4. The van der Waals surface area contributed by atoms with Crippen molar-refractivity contribution in [3.8, 4) is 5.75 Å². The van der Waals surface area contributed by atoms with E-state index >= 15 is 0 Å². The van der Waals surface area contributed by atoms with Crippen LogP contribution in [0.5, 0.6) is 5.75 Å². The van der Waals surface area contributed by atoms with Crippen molar-refractivity contribution in [1.82, 2.24) is 19.4 Å². The van der Waals surface area contributed by atoms with Crippen LogP contribution in [0.15, 0.2) is 70.3 Å². The van der Waals surface area contributed by atoms with Gasteiger partial charge in [0, 0.05) is 14.1 Å². The Bertz CT molecular complexity index is 1470. The molecule has 0 fully saturated rings. The summed E-state index contributed by atoms with van der Waals surface area (Å²) in [6.07, 6.45) is 0.408. The number of aromatic nitrogens is 3. The van der Waals surface area contributed by atoms with Crippen molar-refractivity contribution < 1.29 is 13.9 Å². The van der Waals surface area contributed by atoms with E-state index in [9.17, 15) is 18.8 Å². The van der Waals surface area contributed by atoms with Crippen molar-refractivity contribution >= 4 is 16.9 Å². The van der Waals surface area contributed by atoms with Crippen LogP contribution in [0, 0.1) is 5.82 Å². The second-order valence-corrected chi connectivity index (χ2v) is 7.90. The number of amides is 1. The zero-order valence-corrected chi connectivity index (χ0v) is 18.9. The third-order valence-electron chi connectivity index (χ3n) is 5.71. The molecular formula is C25H23FN4O4. The third kappa shape index (κ3) is 4.45. The number of hydrogen-bond acceptors (Lipinski definition) is 5. The van der Waals surface area contributed by atoms with Gasteiger partial charge in [-0.25, -0.2) is 14.2 Å². The van der Waals surface area contributed by atoms with Gasteiger partial charge in [0.2, 0.25) is 0 Å². The minimum atomic E-state index is -0.532. The molecule has 34 heavy (non-hydrogen) atoms. The van der Waals surface area contributed by atoms with E-state index in [0.717, 1.165) is 15.7 Å². The summed E-state index contributed by atoms with van der Waals surface area (Å²) in [4.78, 5) is 42.1. The summed E-state index contributed by atoms with van der Waals surface area (Å²) in [5.41, 5.74) is 0.828. The number of pyridine rings is 1. The molecule has 1 atom stereocenters. The molecule has 0 saturated carbocycles. The fourth-order valence-corrected chi connectivity index (χ4v) is 3.76. The van der Waals surface area contributed by atoms with Gasteiger partial charge < -0.3 is 10.1 Å². The summed E-state index contributed by atoms with van der Waals surface area (Å²) in [7, 11) is 4.45. The molecule has 0 radical (unpaired) electrons. The molecule has 0 aliphatic carbocycles. The van der Waals surface area contributed by atoms with Crippen LogP contribution in [0.25, 0.3) is 11.0 Å². The molecule has 2 aromatic heterocycles. The molecule has 0 bridgehead atoms. The zero-order valence-electron chi connectivity index (χ0n) is 18.9. The molecule has 8 nitrogen and oxygen atoms in total. The minimum Gasteiger partial charge on any atom is -0.497 e. The van der Waals surface area contributed by atoms with Crippen molar-refractivity contribution in [2.75, 3.05) is 7.11 Å². The molecule has 2 aromatic carbocycles. The van der Waals surface area contributed by atoms with Crippen LogP contribution in [-0.4, -0.2) is 27.1 Å². The maximum atomic E-state index is 13.4. The topological polar surface area (TPSA) is 95.2 Å². The SMILES string of the molecule is COc1ccc(C(Cc2ccc(F)cc2)NC(=O)c2ccc3c(=O)n(C)c(=O)n(C)c3n2)cc1. The van der Waals surface area contributed by atoms with Crippen LogP contribution in [0.2, 0.25) is 0 Å². The number of halogens is 1. The first kappa shape index (κ1) is 22.9. The number of benzene rings is 2. The normalized spacial score (nSPS) is 11.9. The van der Waals surface area contributed by atoms with E-state index in [1.165, 1.54) is 42.9 Å². The quantitative estimate of drug-likeness (QED) is 0.475. The fraction of sp³-hybridized carbons (Fsp3) is 0.200. The van der Waals surface area contributed by atoms with Crippen LogP contribution < -0.4 is 21.3 Å². The molecule has 0 aliphatic rings. The first-order valence-electron chi connectivity index (χ1n) is 10.5. The Morgan fingerprint density at radius 1 is 1.00 bits per heavy atom. The number of rotatable bonds is 6. The third-order valence-corrected chi connectivity index (χ3v) is 5.71. The van der Waals surface area contributed by atoms with Crippen LogP contribution in [0.3, 0.4) is 0 Å². The van der Waals surface area contributed by atoms with Gasteiger partial charge in [-0.1, -0.05) is 24.3 Å². The Labute approximate surface area is 194 Å². The van der Waals surface area contributed by atoms with Gasteiger partial charge in [-0.05, 0) is 53.9 Å². The molecule has 1 N–H and O–H groups in total. The smallest absolute Gasteiger partial charge is 0.332 e. The lowest BCUT2D eigenvalue weighted by Crippen LogP contribution is -2.37. The highest BCUT2D eigenvalue weighted by Crippen LogP contribution is 2.22. The molecular weight excluding hydrogens is 439 g/mol. The van der Waals surface area contributed by atoms with Crippen molar-refractivity contribution in [3.05, 3.63) is 104 Å². The Morgan fingerprint density at radius 3 is 2.32 bits per heavy atom. The maximum Gasteiger partial charge on any atom is 0.332 e. The van der Waals surface area contributed by atoms with Gasteiger partial charge in [-0.3, -0.25) is 18.7 Å². The molecule has 0 spiro atoms. The van der Waals surface area contributed by atoms with Crippen molar-refractivity contribution in [1.29, 1.82) is 0 Å². The largest absolute Gasteiger partial charge is 0.497 e. The number of hydrogen-bond donors (Lipinski definition) is 1. The average molecular weight is 462 g/mol. The van der Waals surface area contributed by atoms with Crippen LogP contribution >= 0.6 is 0 Å². The van der Waals surface area contributed by atoms with E-state index in [2.05, 4.69) is 10.3 Å². The highest BCUT2D eigenvalue weighted by Gasteiger charge is 2.19. The summed E-state index contributed by atoms with van der Waals surface area (Å²) in [5, 5.41) is 3.20. The van der Waals surface area contributed by atoms with E-state index in [1.807, 2.05) is 12.1 Å². The predicted octanol–water partition coefficient (Wildman–Crippen LogP) is 2.49. The summed E-state index contributed by atoms with van der Waals surface area (Å²) >= 11 is 0. The molecule has 4 aromatic rings. The maximum absolute atomic E-state index is 13.4. The van der Waals surface area contributed by atoms with E-state index in [4.69, 9.17) is 4.74 Å². The van der Waals surface area contributed by atoms with Gasteiger partial charge >= 0.3 is 5.69 Å². The molecule has 1 amide bonds. The monoisotopic (exact) mass is 462 g/mol. The number of carbonyl (C=O) groups excluding carboxylic acids is 1. The first-order valence-corrected chi connectivity index (χ1v) is 10.5. The number of aryl methyl sites for hydroxylation is 1. The number of ether oxygens (including phenoxy) is 1. The summed E-state index contributed by atoms with van der Waals surface area (Å²) < 4.78 is 20.8. The Hall–Kier alpha value is -4.27. The van der Waals surface area contributed by atoms with E-state index in [0.29, 0.717) is 12.2 Å². The lowest BCUT2D eigenvalue weighted by Gasteiger charge is -2.20. The number of methoxy groups -OCH3 is 1. The predicted molar refractivity (Wildman–Crippen MR) is 126 cm³/mol. The lowest BCUT2D eigenvalue weighted by atomic mass is 9.98. The van der Waals surface area contributed by atoms with Gasteiger partial charge in [0.15, 0.2) is 0 Å². The first-order chi connectivity index (χ1) is 16.3. The number of nitrogens with one attached hydrogen (secondary N) is 1. The highest BCUT2D eigenvalue weighted by atomic mass is 19.1. The molecule has 0 saturated heterocycles. The molecule has 2 heterocycles. The summed E-state index contributed by atoms with van der Waals surface area (Å²) in [6.45, 7) is 0. The minimum absolute atomic E-state index is 0.0633. The van der Waals surface area contributed by atoms with Gasteiger partial charge in [-0.15, -0.1) is 0 Å². The Kier molecular flexibility index (Phi) is 6.27. The Balaban J connectivity index is 1.69. The van der Waals surface area contributed by atoms with Gasteiger partial charge in [0.05, 0.1) is 18.5 Å². The van der Waals surface area contributed by atoms with Crippen molar-refractivity contribution in [3.63, 3.8) is 0 Å². The van der Waals surface area contributed by atoms with E-state index < -0.39 is 23.2 Å². The van der Waals surface area contributed by atoms with Crippen molar-refractivity contribution in [2.24, 2.45) is 14.1 Å². The Morgan fingerprint density at radius 2 is 1.68 bits per heavy atom. The lowest BCUT2D eigenvalue weighted by molar-refractivity contribution is 0.0931. The van der Waals surface area contributed by atoms with Gasteiger partial charge in [-0.2, -0.15) is 0 Å². The van der Waals surface area contributed by atoms with Crippen LogP contribution in [-0.2, 0) is 20.5 Å². The standard InChI is InChI=1S/C25H23FN4O4/c1-29-22-19(24(32)30(2)25(29)33)12-13-20(27-22)23(31)28-21(14-15-4-8-17(26)9-5-15)16-6-10-18(34-3)11-7-16/h4-13,21H,14H2,1-3H3,(H,28,31). The number of nitrogens with zero attached hydrogens (tertiary/aromatic N) is 3.